The van der Waals surface area contributed by atoms with Crippen molar-refractivity contribution < 1.29 is 0 Å². The fraction of sp³-hybridized carbons (Fsp3) is 0.455. The average Bonchev–Trinajstić information content (AvgIpc) is 2.77. The van der Waals surface area contributed by atoms with Crippen molar-refractivity contribution in [3.8, 4) is 0 Å². The van der Waals surface area contributed by atoms with E-state index in [9.17, 15) is 0 Å². The van der Waals surface area contributed by atoms with E-state index >= 15 is 0 Å². The minimum absolute atomic E-state index is 0.645. The van der Waals surface area contributed by atoms with Gasteiger partial charge in [0, 0.05) is 17.5 Å². The molecule has 5 heteroatoms. The molecule has 0 aliphatic heterocycles. The largest absolute Gasteiger partial charge is 0.330 e. The van der Waals surface area contributed by atoms with E-state index in [0.717, 1.165) is 29.4 Å². The van der Waals surface area contributed by atoms with Crippen molar-refractivity contribution in [1.82, 2.24) is 14.5 Å². The van der Waals surface area contributed by atoms with Gasteiger partial charge in [-0.2, -0.15) is 0 Å². The van der Waals surface area contributed by atoms with Gasteiger partial charge in [-0.25, -0.2) is 9.97 Å². The third-order valence-corrected chi connectivity index (χ3v) is 3.54. The lowest BCUT2D eigenvalue weighted by molar-refractivity contribution is 0.786. The number of aromatic nitrogens is 3. The van der Waals surface area contributed by atoms with E-state index in [-0.39, 0.29) is 0 Å². The number of thiazole rings is 1. The zero-order valence-corrected chi connectivity index (χ0v) is 10.4. The van der Waals surface area contributed by atoms with Crippen LogP contribution in [0, 0.1) is 13.8 Å². The first-order valence-corrected chi connectivity index (χ1v) is 6.14. The highest BCUT2D eigenvalue weighted by Gasteiger charge is 2.05. The van der Waals surface area contributed by atoms with Crippen LogP contribution < -0.4 is 5.73 Å². The predicted molar refractivity (Wildman–Crippen MR) is 65.7 cm³/mol. The molecule has 0 atom stereocenters. The molecule has 0 saturated carbocycles. The number of nitrogens with zero attached hydrogens (tertiary/aromatic N) is 3. The van der Waals surface area contributed by atoms with Crippen LogP contribution in [0.5, 0.6) is 0 Å². The van der Waals surface area contributed by atoms with Gasteiger partial charge in [0.2, 0.25) is 0 Å². The number of hydrogen-bond acceptors (Lipinski definition) is 4. The molecule has 0 saturated heterocycles. The monoisotopic (exact) mass is 236 g/mol. The summed E-state index contributed by atoms with van der Waals surface area (Å²) in [6, 6.07) is 0. The first kappa shape index (κ1) is 11.3. The molecule has 2 heterocycles. The van der Waals surface area contributed by atoms with Crippen LogP contribution in [-0.4, -0.2) is 21.1 Å². The normalized spacial score (nSPS) is 10.9. The predicted octanol–water partition coefficient (Wildman–Crippen LogP) is 1.51. The van der Waals surface area contributed by atoms with E-state index in [1.165, 1.54) is 4.88 Å². The second-order valence-corrected chi connectivity index (χ2v) is 5.11. The molecule has 2 rings (SSSR count). The Morgan fingerprint density at radius 3 is 2.88 bits per heavy atom. The Hall–Kier alpha value is -1.20. The lowest BCUT2D eigenvalue weighted by Crippen LogP contribution is -2.02. The van der Waals surface area contributed by atoms with Crippen molar-refractivity contribution in [3.63, 3.8) is 0 Å². The van der Waals surface area contributed by atoms with Crippen LogP contribution in [0.3, 0.4) is 0 Å². The minimum Gasteiger partial charge on any atom is -0.330 e. The molecule has 0 spiro atoms. The lowest BCUT2D eigenvalue weighted by atomic mass is 10.3. The van der Waals surface area contributed by atoms with Crippen LogP contribution in [0.2, 0.25) is 0 Å². The van der Waals surface area contributed by atoms with Crippen LogP contribution in [0.4, 0.5) is 0 Å². The SMILES string of the molecule is Cc1nc(Cn2cnc(CCN)c2)sc1C. The van der Waals surface area contributed by atoms with Gasteiger partial charge in [-0.3, -0.25) is 0 Å². The average molecular weight is 236 g/mol. The Morgan fingerprint density at radius 2 is 2.25 bits per heavy atom. The first-order chi connectivity index (χ1) is 7.69. The van der Waals surface area contributed by atoms with Crippen LogP contribution in [-0.2, 0) is 13.0 Å². The number of aryl methyl sites for hydroxylation is 2. The zero-order valence-electron chi connectivity index (χ0n) is 9.60. The molecule has 0 radical (unpaired) electrons. The molecule has 16 heavy (non-hydrogen) atoms. The Labute approximate surface area is 99.2 Å². The highest BCUT2D eigenvalue weighted by Crippen LogP contribution is 2.17. The van der Waals surface area contributed by atoms with Crippen molar-refractivity contribution in [2.75, 3.05) is 6.54 Å². The van der Waals surface area contributed by atoms with Gasteiger partial charge in [0.25, 0.3) is 0 Å². The molecular formula is C11H16N4S. The van der Waals surface area contributed by atoms with E-state index in [0.29, 0.717) is 6.54 Å². The molecule has 86 valence electrons. The molecule has 0 aromatic carbocycles. The van der Waals surface area contributed by atoms with E-state index < -0.39 is 0 Å². The number of imidazole rings is 1. The van der Waals surface area contributed by atoms with Crippen LogP contribution >= 0.6 is 11.3 Å². The zero-order chi connectivity index (χ0) is 11.5. The van der Waals surface area contributed by atoms with E-state index in [1.807, 2.05) is 19.4 Å². The number of hydrogen-bond donors (Lipinski definition) is 1. The van der Waals surface area contributed by atoms with Crippen LogP contribution in [0.1, 0.15) is 21.3 Å². The van der Waals surface area contributed by atoms with Crippen molar-refractivity contribution in [3.05, 3.63) is 33.8 Å². The molecule has 2 aromatic rings. The molecular weight excluding hydrogens is 220 g/mol. The summed E-state index contributed by atoms with van der Waals surface area (Å²) in [5.74, 6) is 0. The molecule has 2 N–H and O–H groups in total. The van der Waals surface area contributed by atoms with Crippen molar-refractivity contribution >= 4 is 11.3 Å². The van der Waals surface area contributed by atoms with Crippen LogP contribution in [0.25, 0.3) is 0 Å². The van der Waals surface area contributed by atoms with E-state index in [2.05, 4.69) is 21.5 Å². The molecule has 0 bridgehead atoms. The fourth-order valence-electron chi connectivity index (χ4n) is 1.53. The highest BCUT2D eigenvalue weighted by atomic mass is 32.1. The summed E-state index contributed by atoms with van der Waals surface area (Å²) in [5.41, 5.74) is 7.66. The Kier molecular flexibility index (Phi) is 3.36. The summed E-state index contributed by atoms with van der Waals surface area (Å²) < 4.78 is 2.06. The summed E-state index contributed by atoms with van der Waals surface area (Å²) in [6.45, 7) is 5.59. The van der Waals surface area contributed by atoms with Crippen molar-refractivity contribution in [1.29, 1.82) is 0 Å². The molecule has 4 nitrogen and oxygen atoms in total. The van der Waals surface area contributed by atoms with Gasteiger partial charge in [-0.15, -0.1) is 11.3 Å². The minimum atomic E-state index is 0.645. The maximum absolute atomic E-state index is 5.49. The van der Waals surface area contributed by atoms with Gasteiger partial charge >= 0.3 is 0 Å². The molecule has 0 aliphatic carbocycles. The second kappa shape index (κ2) is 4.76. The van der Waals surface area contributed by atoms with Crippen molar-refractivity contribution in [2.45, 2.75) is 26.8 Å². The van der Waals surface area contributed by atoms with Gasteiger partial charge in [0.15, 0.2) is 0 Å². The Balaban J connectivity index is 2.08. The third-order valence-electron chi connectivity index (χ3n) is 2.48. The fourth-order valence-corrected chi connectivity index (χ4v) is 2.48. The summed E-state index contributed by atoms with van der Waals surface area (Å²) in [6.07, 6.45) is 4.72. The Morgan fingerprint density at radius 1 is 1.44 bits per heavy atom. The third kappa shape index (κ3) is 2.48. The smallest absolute Gasteiger partial charge is 0.113 e. The van der Waals surface area contributed by atoms with Gasteiger partial charge in [-0.1, -0.05) is 0 Å². The van der Waals surface area contributed by atoms with Gasteiger partial charge < -0.3 is 10.3 Å². The summed E-state index contributed by atoms with van der Waals surface area (Å²) in [5, 5.41) is 1.13. The molecule has 0 aliphatic rings. The summed E-state index contributed by atoms with van der Waals surface area (Å²) >= 11 is 1.75. The summed E-state index contributed by atoms with van der Waals surface area (Å²) in [4.78, 5) is 10.1. The Bertz CT molecular complexity index is 453. The maximum Gasteiger partial charge on any atom is 0.113 e. The van der Waals surface area contributed by atoms with Gasteiger partial charge in [0.1, 0.15) is 5.01 Å². The summed E-state index contributed by atoms with van der Waals surface area (Å²) in [7, 11) is 0. The lowest BCUT2D eigenvalue weighted by Gasteiger charge is -1.96. The van der Waals surface area contributed by atoms with Crippen molar-refractivity contribution in [2.24, 2.45) is 5.73 Å². The number of nitrogens with two attached hydrogens (primary N) is 1. The first-order valence-electron chi connectivity index (χ1n) is 5.32. The second-order valence-electron chi connectivity index (χ2n) is 3.83. The number of rotatable bonds is 4. The van der Waals surface area contributed by atoms with E-state index in [4.69, 9.17) is 5.73 Å². The molecule has 0 amide bonds. The standard InChI is InChI=1S/C11H16N4S/c1-8-9(2)16-11(14-8)6-15-5-10(3-4-12)13-7-15/h5,7H,3-4,6,12H2,1-2H3. The molecule has 2 aromatic heterocycles. The maximum atomic E-state index is 5.49. The van der Waals surface area contributed by atoms with E-state index in [1.54, 1.807) is 11.3 Å². The van der Waals surface area contributed by atoms with Crippen LogP contribution in [0.15, 0.2) is 12.5 Å². The highest BCUT2D eigenvalue weighted by molar-refractivity contribution is 7.11. The van der Waals surface area contributed by atoms with Gasteiger partial charge in [0.05, 0.1) is 24.3 Å². The topological polar surface area (TPSA) is 56.7 Å². The quantitative estimate of drug-likeness (QED) is 0.875. The van der Waals surface area contributed by atoms with Gasteiger partial charge in [-0.05, 0) is 20.4 Å². The molecule has 0 unspecified atom stereocenters. The molecule has 0 fully saturated rings.